The fourth-order valence-electron chi connectivity index (χ4n) is 2.38. The molecule has 0 unspecified atom stereocenters. The largest absolute Gasteiger partial charge is 0.326 e. The molecule has 0 aliphatic heterocycles. The molecule has 2 aromatic rings. The number of carbonyl (C=O) groups excluding carboxylic acids is 1. The number of benzene rings is 2. The minimum atomic E-state index is 0.0606. The molecule has 2 heteroatoms. The third-order valence-electron chi connectivity index (χ3n) is 3.76. The first-order chi connectivity index (χ1) is 10.3. The highest BCUT2D eigenvalue weighted by Gasteiger charge is 2.13. The smallest absolute Gasteiger partial charge is 0.224 e. The van der Waals surface area contributed by atoms with Crippen LogP contribution in [0, 0.1) is 6.92 Å². The number of amides is 1. The highest BCUT2D eigenvalue weighted by Crippen LogP contribution is 2.22. The summed E-state index contributed by atoms with van der Waals surface area (Å²) in [6.07, 6.45) is 1.27. The molecule has 1 N–H and O–H groups in total. The Balaban J connectivity index is 1.88. The van der Waals surface area contributed by atoms with Crippen molar-refractivity contribution in [1.29, 1.82) is 0 Å². The number of rotatable bonds is 4. The van der Waals surface area contributed by atoms with Crippen LogP contribution in [0.3, 0.4) is 0 Å². The third kappa shape index (κ3) is 4.73. The zero-order valence-corrected chi connectivity index (χ0v) is 13.9. The summed E-state index contributed by atoms with van der Waals surface area (Å²) in [4.78, 5) is 12.0. The first kappa shape index (κ1) is 16.3. The molecule has 0 bridgehead atoms. The van der Waals surface area contributed by atoms with E-state index in [1.807, 2.05) is 31.2 Å². The molecule has 0 atom stereocenters. The van der Waals surface area contributed by atoms with Gasteiger partial charge in [-0.15, -0.1) is 0 Å². The zero-order valence-electron chi connectivity index (χ0n) is 13.9. The lowest BCUT2D eigenvalue weighted by Crippen LogP contribution is -2.13. The van der Waals surface area contributed by atoms with Crippen molar-refractivity contribution < 1.29 is 4.79 Å². The van der Waals surface area contributed by atoms with Crippen LogP contribution in [-0.2, 0) is 16.6 Å². The molecule has 0 aromatic heterocycles. The maximum atomic E-state index is 12.0. The van der Waals surface area contributed by atoms with Gasteiger partial charge < -0.3 is 5.32 Å². The van der Waals surface area contributed by atoms with Crippen molar-refractivity contribution in [2.24, 2.45) is 0 Å². The van der Waals surface area contributed by atoms with E-state index in [0.29, 0.717) is 6.42 Å². The standard InChI is InChI=1S/C20H25NO/c1-15-6-5-7-18(14-15)21-19(22)13-10-16-8-11-17(12-9-16)20(2,3)4/h5-9,11-12,14H,10,13H2,1-4H3,(H,21,22). The van der Waals surface area contributed by atoms with E-state index in [0.717, 1.165) is 17.7 Å². The van der Waals surface area contributed by atoms with Gasteiger partial charge in [0, 0.05) is 12.1 Å². The second-order valence-corrected chi connectivity index (χ2v) is 6.86. The topological polar surface area (TPSA) is 29.1 Å². The van der Waals surface area contributed by atoms with Crippen molar-refractivity contribution >= 4 is 11.6 Å². The van der Waals surface area contributed by atoms with Crippen LogP contribution in [-0.4, -0.2) is 5.91 Å². The molecule has 0 saturated heterocycles. The van der Waals surface area contributed by atoms with Crippen LogP contribution in [0.25, 0.3) is 0 Å². The van der Waals surface area contributed by atoms with Gasteiger partial charge >= 0.3 is 0 Å². The number of anilines is 1. The fraction of sp³-hybridized carbons (Fsp3) is 0.350. The lowest BCUT2D eigenvalue weighted by atomic mass is 9.86. The Morgan fingerprint density at radius 2 is 1.73 bits per heavy atom. The average Bonchev–Trinajstić information content (AvgIpc) is 2.45. The summed E-state index contributed by atoms with van der Waals surface area (Å²) in [6, 6.07) is 16.4. The molecular formula is C20H25NO. The molecule has 0 radical (unpaired) electrons. The SMILES string of the molecule is Cc1cccc(NC(=O)CCc2ccc(C(C)(C)C)cc2)c1. The Morgan fingerprint density at radius 1 is 1.05 bits per heavy atom. The number of hydrogen-bond acceptors (Lipinski definition) is 1. The maximum Gasteiger partial charge on any atom is 0.224 e. The van der Waals surface area contributed by atoms with Crippen molar-refractivity contribution in [3.05, 3.63) is 65.2 Å². The Morgan fingerprint density at radius 3 is 2.32 bits per heavy atom. The van der Waals surface area contributed by atoms with Crippen molar-refractivity contribution in [1.82, 2.24) is 0 Å². The Hall–Kier alpha value is -2.09. The van der Waals surface area contributed by atoms with Gasteiger partial charge in [-0.1, -0.05) is 57.2 Å². The molecule has 2 nitrogen and oxygen atoms in total. The monoisotopic (exact) mass is 295 g/mol. The lowest BCUT2D eigenvalue weighted by molar-refractivity contribution is -0.116. The van der Waals surface area contributed by atoms with Gasteiger partial charge in [0.1, 0.15) is 0 Å². The summed E-state index contributed by atoms with van der Waals surface area (Å²) < 4.78 is 0. The molecule has 116 valence electrons. The predicted octanol–water partition coefficient (Wildman–Crippen LogP) is 4.86. The molecule has 0 saturated carbocycles. The van der Waals surface area contributed by atoms with E-state index >= 15 is 0 Å². The van der Waals surface area contributed by atoms with Crippen molar-refractivity contribution in [3.8, 4) is 0 Å². The zero-order chi connectivity index (χ0) is 16.2. The molecule has 0 aliphatic rings. The molecule has 22 heavy (non-hydrogen) atoms. The van der Waals surface area contributed by atoms with E-state index in [1.165, 1.54) is 11.1 Å². The van der Waals surface area contributed by atoms with E-state index in [2.05, 4.69) is 50.4 Å². The van der Waals surface area contributed by atoms with Crippen LogP contribution in [0.1, 0.15) is 43.9 Å². The summed E-state index contributed by atoms with van der Waals surface area (Å²) >= 11 is 0. The van der Waals surface area contributed by atoms with Gasteiger partial charge in [0.25, 0.3) is 0 Å². The van der Waals surface area contributed by atoms with E-state index in [-0.39, 0.29) is 11.3 Å². The molecule has 0 fully saturated rings. The average molecular weight is 295 g/mol. The summed E-state index contributed by atoms with van der Waals surface area (Å²) in [5.41, 5.74) is 4.71. The first-order valence-corrected chi connectivity index (χ1v) is 7.80. The van der Waals surface area contributed by atoms with E-state index in [4.69, 9.17) is 0 Å². The van der Waals surface area contributed by atoms with E-state index < -0.39 is 0 Å². The van der Waals surface area contributed by atoms with Crippen molar-refractivity contribution in [3.63, 3.8) is 0 Å². The van der Waals surface area contributed by atoms with Crippen LogP contribution in [0.5, 0.6) is 0 Å². The molecule has 2 aromatic carbocycles. The van der Waals surface area contributed by atoms with E-state index in [1.54, 1.807) is 0 Å². The van der Waals surface area contributed by atoms with Crippen LogP contribution >= 0.6 is 0 Å². The molecule has 0 heterocycles. The summed E-state index contributed by atoms with van der Waals surface area (Å²) in [6.45, 7) is 8.64. The van der Waals surface area contributed by atoms with Crippen LogP contribution in [0.15, 0.2) is 48.5 Å². The number of carbonyl (C=O) groups is 1. The van der Waals surface area contributed by atoms with Gasteiger partial charge in [-0.2, -0.15) is 0 Å². The minimum absolute atomic E-state index is 0.0606. The first-order valence-electron chi connectivity index (χ1n) is 7.80. The number of hydrogen-bond donors (Lipinski definition) is 1. The fourth-order valence-corrected chi connectivity index (χ4v) is 2.38. The lowest BCUT2D eigenvalue weighted by Gasteiger charge is -2.19. The summed E-state index contributed by atoms with van der Waals surface area (Å²) in [5.74, 6) is 0.0606. The molecule has 2 rings (SSSR count). The van der Waals surface area contributed by atoms with Gasteiger partial charge in [0.2, 0.25) is 5.91 Å². The van der Waals surface area contributed by atoms with E-state index in [9.17, 15) is 4.79 Å². The van der Waals surface area contributed by atoms with Crippen LogP contribution in [0.2, 0.25) is 0 Å². The Kier molecular flexibility index (Phi) is 5.02. The Bertz CT molecular complexity index is 636. The summed E-state index contributed by atoms with van der Waals surface area (Å²) in [5, 5.41) is 2.95. The molecular weight excluding hydrogens is 270 g/mol. The maximum absolute atomic E-state index is 12.0. The van der Waals surface area contributed by atoms with Gasteiger partial charge in [-0.25, -0.2) is 0 Å². The summed E-state index contributed by atoms with van der Waals surface area (Å²) in [7, 11) is 0. The van der Waals surface area contributed by atoms with Gasteiger partial charge in [0.15, 0.2) is 0 Å². The minimum Gasteiger partial charge on any atom is -0.326 e. The van der Waals surface area contributed by atoms with Gasteiger partial charge in [0.05, 0.1) is 0 Å². The van der Waals surface area contributed by atoms with Crippen molar-refractivity contribution in [2.45, 2.75) is 46.0 Å². The highest BCUT2D eigenvalue weighted by atomic mass is 16.1. The van der Waals surface area contributed by atoms with Gasteiger partial charge in [-0.3, -0.25) is 4.79 Å². The number of nitrogens with one attached hydrogen (secondary N) is 1. The van der Waals surface area contributed by atoms with Gasteiger partial charge in [-0.05, 0) is 47.6 Å². The predicted molar refractivity (Wildman–Crippen MR) is 93.3 cm³/mol. The second kappa shape index (κ2) is 6.78. The third-order valence-corrected chi connectivity index (χ3v) is 3.76. The molecule has 0 aliphatic carbocycles. The normalized spacial score (nSPS) is 11.3. The highest BCUT2D eigenvalue weighted by molar-refractivity contribution is 5.90. The van der Waals surface area contributed by atoms with Crippen LogP contribution in [0.4, 0.5) is 5.69 Å². The van der Waals surface area contributed by atoms with Crippen LogP contribution < -0.4 is 5.32 Å². The molecule has 1 amide bonds. The van der Waals surface area contributed by atoms with Crippen molar-refractivity contribution in [2.75, 3.05) is 5.32 Å². The Labute approximate surface area is 133 Å². The number of aryl methyl sites for hydroxylation is 2. The second-order valence-electron chi connectivity index (χ2n) is 6.86. The molecule has 0 spiro atoms. The quantitative estimate of drug-likeness (QED) is 0.857.